The summed E-state index contributed by atoms with van der Waals surface area (Å²) in [6.07, 6.45) is 7.41. The van der Waals surface area contributed by atoms with E-state index in [2.05, 4.69) is 10.4 Å². The fourth-order valence-electron chi connectivity index (χ4n) is 2.21. The monoisotopic (exact) mass is 271 g/mol. The number of hydrogen-bond acceptors (Lipinski definition) is 4. The molecule has 1 aliphatic rings. The van der Waals surface area contributed by atoms with Gasteiger partial charge in [-0.15, -0.1) is 0 Å². The van der Waals surface area contributed by atoms with Gasteiger partial charge in [-0.1, -0.05) is 0 Å². The van der Waals surface area contributed by atoms with Gasteiger partial charge in [0.15, 0.2) is 0 Å². The van der Waals surface area contributed by atoms with Crippen LogP contribution in [0.3, 0.4) is 0 Å². The minimum Gasteiger partial charge on any atom is -0.313 e. The molecule has 1 aromatic heterocycles. The first-order valence-electron chi connectivity index (χ1n) is 6.27. The van der Waals surface area contributed by atoms with Crippen LogP contribution in [-0.4, -0.2) is 42.8 Å². The van der Waals surface area contributed by atoms with Crippen molar-refractivity contribution < 1.29 is 8.42 Å². The molecule has 1 fully saturated rings. The summed E-state index contributed by atoms with van der Waals surface area (Å²) >= 11 is 0. The first kappa shape index (κ1) is 13.5. The van der Waals surface area contributed by atoms with Crippen LogP contribution in [0.15, 0.2) is 18.5 Å². The van der Waals surface area contributed by atoms with Crippen LogP contribution in [0.5, 0.6) is 0 Å². The second-order valence-electron chi connectivity index (χ2n) is 5.58. The fourth-order valence-corrected chi connectivity index (χ4v) is 3.24. The van der Waals surface area contributed by atoms with Crippen molar-refractivity contribution in [1.29, 1.82) is 0 Å². The summed E-state index contributed by atoms with van der Waals surface area (Å²) in [5.74, 6) is 0.199. The van der Waals surface area contributed by atoms with E-state index in [1.807, 2.05) is 23.9 Å². The van der Waals surface area contributed by atoms with Crippen LogP contribution in [0.2, 0.25) is 0 Å². The highest BCUT2D eigenvalue weighted by Crippen LogP contribution is 2.46. The van der Waals surface area contributed by atoms with Crippen molar-refractivity contribution in [2.24, 2.45) is 5.41 Å². The van der Waals surface area contributed by atoms with Crippen LogP contribution in [0, 0.1) is 5.41 Å². The summed E-state index contributed by atoms with van der Waals surface area (Å²) in [6.45, 7) is 3.70. The van der Waals surface area contributed by atoms with E-state index in [1.54, 1.807) is 6.20 Å². The standard InChI is InChI=1S/C12H21N3O2S/c1-11(8-18(2,16)17)13-9-12(4-5-12)10-15-7-3-6-14-15/h3,6-7,11,13H,4-5,8-10H2,1-2H3/t11-/m0/s1. The van der Waals surface area contributed by atoms with Crippen LogP contribution >= 0.6 is 0 Å². The third-order valence-corrected chi connectivity index (χ3v) is 4.50. The average molecular weight is 271 g/mol. The molecule has 1 atom stereocenters. The van der Waals surface area contributed by atoms with E-state index >= 15 is 0 Å². The molecule has 0 aromatic carbocycles. The van der Waals surface area contributed by atoms with Gasteiger partial charge in [0, 0.05) is 43.2 Å². The number of rotatable bonds is 7. The van der Waals surface area contributed by atoms with Crippen LogP contribution in [0.25, 0.3) is 0 Å². The van der Waals surface area contributed by atoms with Crippen LogP contribution in [0.4, 0.5) is 0 Å². The lowest BCUT2D eigenvalue weighted by atomic mass is 10.1. The average Bonchev–Trinajstić information content (AvgIpc) is 2.79. The van der Waals surface area contributed by atoms with E-state index in [0.717, 1.165) is 13.1 Å². The third kappa shape index (κ3) is 4.10. The van der Waals surface area contributed by atoms with Crippen molar-refractivity contribution in [3.8, 4) is 0 Å². The molecule has 0 spiro atoms. The van der Waals surface area contributed by atoms with Gasteiger partial charge >= 0.3 is 0 Å². The Kier molecular flexibility index (Phi) is 3.77. The minimum atomic E-state index is -2.90. The molecule has 1 aliphatic carbocycles. The van der Waals surface area contributed by atoms with Gasteiger partial charge in [0.2, 0.25) is 0 Å². The summed E-state index contributed by atoms with van der Waals surface area (Å²) in [6, 6.07) is 1.94. The lowest BCUT2D eigenvalue weighted by Gasteiger charge is -2.19. The third-order valence-electron chi connectivity index (χ3n) is 3.39. The molecule has 1 N–H and O–H groups in total. The molecule has 1 heterocycles. The summed E-state index contributed by atoms with van der Waals surface area (Å²) in [7, 11) is -2.90. The van der Waals surface area contributed by atoms with E-state index < -0.39 is 9.84 Å². The molecule has 1 aromatic rings. The Morgan fingerprint density at radius 2 is 2.22 bits per heavy atom. The van der Waals surface area contributed by atoms with Gasteiger partial charge in [0.1, 0.15) is 9.84 Å². The second-order valence-corrected chi connectivity index (χ2v) is 7.76. The molecule has 1 saturated carbocycles. The Morgan fingerprint density at radius 3 is 2.72 bits per heavy atom. The quantitative estimate of drug-likeness (QED) is 0.792. The van der Waals surface area contributed by atoms with E-state index in [4.69, 9.17) is 0 Å². The van der Waals surface area contributed by atoms with Gasteiger partial charge in [-0.05, 0) is 25.8 Å². The number of sulfone groups is 1. The molecule has 0 unspecified atom stereocenters. The molecule has 0 aliphatic heterocycles. The highest BCUT2D eigenvalue weighted by atomic mass is 32.2. The molecule has 0 saturated heterocycles. The Bertz CT molecular complexity index is 477. The smallest absolute Gasteiger partial charge is 0.148 e. The Hall–Kier alpha value is -0.880. The molecule has 2 rings (SSSR count). The predicted molar refractivity (Wildman–Crippen MR) is 71.1 cm³/mol. The second kappa shape index (κ2) is 5.01. The first-order valence-corrected chi connectivity index (χ1v) is 8.33. The zero-order valence-electron chi connectivity index (χ0n) is 11.0. The van der Waals surface area contributed by atoms with Crippen molar-refractivity contribution in [3.63, 3.8) is 0 Å². The summed E-state index contributed by atoms with van der Waals surface area (Å²) < 4.78 is 24.3. The molecule has 6 heteroatoms. The summed E-state index contributed by atoms with van der Waals surface area (Å²) in [5, 5.41) is 7.56. The maximum Gasteiger partial charge on any atom is 0.148 e. The van der Waals surface area contributed by atoms with Crippen LogP contribution < -0.4 is 5.32 Å². The van der Waals surface area contributed by atoms with E-state index in [0.29, 0.717) is 0 Å². The topological polar surface area (TPSA) is 64.0 Å². The SMILES string of the molecule is C[C@@H](CS(C)(=O)=O)NCC1(Cn2cccn2)CC1. The number of nitrogens with one attached hydrogen (secondary N) is 1. The van der Waals surface area contributed by atoms with Crippen molar-refractivity contribution in [2.45, 2.75) is 32.4 Å². The highest BCUT2D eigenvalue weighted by molar-refractivity contribution is 7.90. The number of nitrogens with zero attached hydrogens (tertiary/aromatic N) is 2. The molecule has 0 bridgehead atoms. The van der Waals surface area contributed by atoms with Gasteiger partial charge in [0.05, 0.1) is 5.75 Å². The Balaban J connectivity index is 1.79. The largest absolute Gasteiger partial charge is 0.313 e. The zero-order chi connectivity index (χ0) is 13.2. The van der Waals surface area contributed by atoms with E-state index in [9.17, 15) is 8.42 Å². The maximum absolute atomic E-state index is 11.2. The maximum atomic E-state index is 11.2. The van der Waals surface area contributed by atoms with Crippen LogP contribution in [0.1, 0.15) is 19.8 Å². The molecule has 0 radical (unpaired) electrons. The van der Waals surface area contributed by atoms with Gasteiger partial charge in [-0.3, -0.25) is 4.68 Å². The van der Waals surface area contributed by atoms with E-state index in [-0.39, 0.29) is 17.2 Å². The first-order chi connectivity index (χ1) is 8.39. The Labute approximate surface area is 108 Å². The molecular formula is C12H21N3O2S. The summed E-state index contributed by atoms with van der Waals surface area (Å²) in [5.41, 5.74) is 0.276. The molecule has 102 valence electrons. The van der Waals surface area contributed by atoms with Crippen molar-refractivity contribution in [1.82, 2.24) is 15.1 Å². The highest BCUT2D eigenvalue weighted by Gasteiger charge is 2.42. The molecule has 5 nitrogen and oxygen atoms in total. The molecular weight excluding hydrogens is 250 g/mol. The van der Waals surface area contributed by atoms with Gasteiger partial charge < -0.3 is 5.32 Å². The zero-order valence-corrected chi connectivity index (χ0v) is 11.8. The fraction of sp³-hybridized carbons (Fsp3) is 0.750. The van der Waals surface area contributed by atoms with Crippen LogP contribution in [-0.2, 0) is 16.4 Å². The van der Waals surface area contributed by atoms with Gasteiger partial charge in [-0.25, -0.2) is 8.42 Å². The molecule has 0 amide bonds. The normalized spacial score (nSPS) is 19.7. The van der Waals surface area contributed by atoms with Gasteiger partial charge in [0.25, 0.3) is 0 Å². The lowest BCUT2D eigenvalue weighted by molar-refractivity contribution is 0.361. The van der Waals surface area contributed by atoms with Crippen molar-refractivity contribution >= 4 is 9.84 Å². The minimum absolute atomic E-state index is 0.00935. The molecule has 18 heavy (non-hydrogen) atoms. The lowest BCUT2D eigenvalue weighted by Crippen LogP contribution is -2.37. The number of aromatic nitrogens is 2. The van der Waals surface area contributed by atoms with Gasteiger partial charge in [-0.2, -0.15) is 5.10 Å². The van der Waals surface area contributed by atoms with E-state index in [1.165, 1.54) is 19.1 Å². The summed E-state index contributed by atoms with van der Waals surface area (Å²) in [4.78, 5) is 0. The number of hydrogen-bond donors (Lipinski definition) is 1. The van der Waals surface area contributed by atoms with Crippen molar-refractivity contribution in [3.05, 3.63) is 18.5 Å². The predicted octanol–water partition coefficient (Wildman–Crippen LogP) is 0.686. The Morgan fingerprint density at radius 1 is 1.50 bits per heavy atom. The van der Waals surface area contributed by atoms with Crippen molar-refractivity contribution in [2.75, 3.05) is 18.6 Å².